The number of amides is 1. The van der Waals surface area contributed by atoms with Crippen molar-refractivity contribution in [2.75, 3.05) is 18.5 Å². The minimum Gasteiger partial charge on any atom is -0.494 e. The highest BCUT2D eigenvalue weighted by atomic mass is 16.5. The Kier molecular flexibility index (Phi) is 4.99. The standard InChI is InChI=1S/C19H17NO5/c1-2-23-14-6-3-13(4-7-14)5-10-19(22)25-15-8-9-17-16(11-15)20-18(21)12-24-17/h3-11H,2,12H2,1H3,(H,20,21)/b10-5+. The molecule has 6 heteroatoms. The SMILES string of the molecule is CCOc1ccc(/C=C/C(=O)Oc2ccc3c(c2)NC(=O)CO3)cc1. The molecular weight excluding hydrogens is 322 g/mol. The Labute approximate surface area is 145 Å². The van der Waals surface area contributed by atoms with Crippen LogP contribution in [0.15, 0.2) is 48.5 Å². The van der Waals surface area contributed by atoms with E-state index in [4.69, 9.17) is 14.2 Å². The lowest BCUT2D eigenvalue weighted by atomic mass is 10.2. The van der Waals surface area contributed by atoms with Gasteiger partial charge in [0, 0.05) is 12.1 Å². The molecule has 0 unspecified atom stereocenters. The van der Waals surface area contributed by atoms with Crippen LogP contribution in [0.3, 0.4) is 0 Å². The van der Waals surface area contributed by atoms with Crippen LogP contribution in [0.2, 0.25) is 0 Å². The van der Waals surface area contributed by atoms with Crippen molar-refractivity contribution in [2.24, 2.45) is 0 Å². The zero-order valence-electron chi connectivity index (χ0n) is 13.7. The van der Waals surface area contributed by atoms with Gasteiger partial charge in [-0.25, -0.2) is 4.79 Å². The topological polar surface area (TPSA) is 73.9 Å². The summed E-state index contributed by atoms with van der Waals surface area (Å²) in [6, 6.07) is 12.2. The first-order valence-corrected chi connectivity index (χ1v) is 7.83. The maximum atomic E-state index is 11.9. The molecule has 0 fully saturated rings. The van der Waals surface area contributed by atoms with Gasteiger partial charge in [0.25, 0.3) is 5.91 Å². The summed E-state index contributed by atoms with van der Waals surface area (Å²) in [5, 5.41) is 2.66. The maximum absolute atomic E-state index is 11.9. The first-order valence-electron chi connectivity index (χ1n) is 7.83. The molecule has 25 heavy (non-hydrogen) atoms. The molecule has 1 N–H and O–H groups in total. The molecule has 0 saturated heterocycles. The van der Waals surface area contributed by atoms with Crippen LogP contribution < -0.4 is 19.5 Å². The van der Waals surface area contributed by atoms with E-state index in [1.807, 2.05) is 31.2 Å². The Morgan fingerprint density at radius 1 is 1.20 bits per heavy atom. The molecule has 0 bridgehead atoms. The number of esters is 1. The normalized spacial score (nSPS) is 12.9. The van der Waals surface area contributed by atoms with Crippen molar-refractivity contribution in [1.82, 2.24) is 0 Å². The van der Waals surface area contributed by atoms with E-state index in [1.54, 1.807) is 24.3 Å². The quantitative estimate of drug-likeness (QED) is 0.515. The summed E-state index contributed by atoms with van der Waals surface area (Å²) in [4.78, 5) is 23.3. The van der Waals surface area contributed by atoms with Crippen molar-refractivity contribution in [3.05, 3.63) is 54.1 Å². The fourth-order valence-corrected chi connectivity index (χ4v) is 2.28. The molecule has 2 aromatic carbocycles. The second-order valence-electron chi connectivity index (χ2n) is 5.25. The molecule has 6 nitrogen and oxygen atoms in total. The lowest BCUT2D eigenvalue weighted by Crippen LogP contribution is -2.25. The van der Waals surface area contributed by atoms with Crippen molar-refractivity contribution in [2.45, 2.75) is 6.92 Å². The van der Waals surface area contributed by atoms with Crippen LogP contribution in [0.25, 0.3) is 6.08 Å². The molecule has 0 radical (unpaired) electrons. The predicted molar refractivity (Wildman–Crippen MR) is 92.8 cm³/mol. The number of carbonyl (C=O) groups is 2. The number of carbonyl (C=O) groups excluding carboxylic acids is 2. The Bertz CT molecular complexity index is 811. The molecule has 0 saturated carbocycles. The average Bonchev–Trinajstić information content (AvgIpc) is 2.61. The minimum atomic E-state index is -0.517. The average molecular weight is 339 g/mol. The number of benzene rings is 2. The van der Waals surface area contributed by atoms with Crippen molar-refractivity contribution in [3.8, 4) is 17.2 Å². The van der Waals surface area contributed by atoms with Crippen LogP contribution in [0, 0.1) is 0 Å². The summed E-state index contributed by atoms with van der Waals surface area (Å²) in [7, 11) is 0. The summed E-state index contributed by atoms with van der Waals surface area (Å²) in [5.41, 5.74) is 1.34. The van der Waals surface area contributed by atoms with Crippen LogP contribution in [-0.2, 0) is 9.59 Å². The van der Waals surface area contributed by atoms with E-state index in [-0.39, 0.29) is 12.5 Å². The van der Waals surface area contributed by atoms with Crippen molar-refractivity contribution in [1.29, 1.82) is 0 Å². The Balaban J connectivity index is 1.62. The molecule has 3 rings (SSSR count). The van der Waals surface area contributed by atoms with E-state index in [1.165, 1.54) is 6.08 Å². The second-order valence-corrected chi connectivity index (χ2v) is 5.25. The van der Waals surface area contributed by atoms with E-state index in [0.717, 1.165) is 11.3 Å². The molecule has 0 aromatic heterocycles. The van der Waals surface area contributed by atoms with Gasteiger partial charge in [-0.3, -0.25) is 4.79 Å². The largest absolute Gasteiger partial charge is 0.494 e. The summed E-state index contributed by atoms with van der Waals surface area (Å²) < 4.78 is 15.9. The molecule has 1 heterocycles. The number of hydrogen-bond acceptors (Lipinski definition) is 5. The van der Waals surface area contributed by atoms with E-state index in [0.29, 0.717) is 23.8 Å². The molecule has 1 amide bonds. The van der Waals surface area contributed by atoms with Crippen LogP contribution in [0.4, 0.5) is 5.69 Å². The first-order chi connectivity index (χ1) is 12.1. The van der Waals surface area contributed by atoms with E-state index in [9.17, 15) is 9.59 Å². The molecule has 0 spiro atoms. The van der Waals surface area contributed by atoms with Gasteiger partial charge in [0.05, 0.1) is 12.3 Å². The Morgan fingerprint density at radius 2 is 1.96 bits per heavy atom. The summed E-state index contributed by atoms with van der Waals surface area (Å²) in [6.07, 6.45) is 2.99. The minimum absolute atomic E-state index is 0.0169. The van der Waals surface area contributed by atoms with Gasteiger partial charge in [-0.2, -0.15) is 0 Å². The fourth-order valence-electron chi connectivity index (χ4n) is 2.28. The van der Waals surface area contributed by atoms with Gasteiger partial charge in [0.15, 0.2) is 6.61 Å². The zero-order chi connectivity index (χ0) is 17.6. The van der Waals surface area contributed by atoms with Gasteiger partial charge in [-0.05, 0) is 42.8 Å². The van der Waals surface area contributed by atoms with Gasteiger partial charge < -0.3 is 19.5 Å². The number of rotatable bonds is 5. The third-order valence-electron chi connectivity index (χ3n) is 3.41. The first kappa shape index (κ1) is 16.6. The fraction of sp³-hybridized carbons (Fsp3) is 0.158. The molecule has 128 valence electrons. The highest BCUT2D eigenvalue weighted by molar-refractivity contribution is 5.96. The number of fused-ring (bicyclic) bond motifs is 1. The molecular formula is C19H17NO5. The predicted octanol–water partition coefficient (Wildman–Crippen LogP) is 3.04. The molecule has 0 atom stereocenters. The van der Waals surface area contributed by atoms with Gasteiger partial charge in [0.1, 0.15) is 17.2 Å². The van der Waals surface area contributed by atoms with E-state index >= 15 is 0 Å². The van der Waals surface area contributed by atoms with Gasteiger partial charge >= 0.3 is 5.97 Å². The van der Waals surface area contributed by atoms with Crippen LogP contribution in [0.5, 0.6) is 17.2 Å². The number of nitrogens with one attached hydrogen (secondary N) is 1. The van der Waals surface area contributed by atoms with E-state index < -0.39 is 5.97 Å². The lowest BCUT2D eigenvalue weighted by molar-refractivity contribution is -0.128. The van der Waals surface area contributed by atoms with Crippen molar-refractivity contribution >= 4 is 23.6 Å². The third-order valence-corrected chi connectivity index (χ3v) is 3.41. The van der Waals surface area contributed by atoms with Gasteiger partial charge in [0.2, 0.25) is 0 Å². The summed E-state index contributed by atoms with van der Waals surface area (Å²) in [5.74, 6) is 0.888. The summed E-state index contributed by atoms with van der Waals surface area (Å²) >= 11 is 0. The number of anilines is 1. The monoisotopic (exact) mass is 339 g/mol. The Hall–Kier alpha value is -3.28. The molecule has 1 aliphatic heterocycles. The van der Waals surface area contributed by atoms with Gasteiger partial charge in [-0.1, -0.05) is 12.1 Å². The van der Waals surface area contributed by atoms with Crippen molar-refractivity contribution < 1.29 is 23.8 Å². The van der Waals surface area contributed by atoms with Gasteiger partial charge in [-0.15, -0.1) is 0 Å². The molecule has 0 aliphatic carbocycles. The van der Waals surface area contributed by atoms with Crippen LogP contribution in [0.1, 0.15) is 12.5 Å². The summed E-state index contributed by atoms with van der Waals surface area (Å²) in [6.45, 7) is 2.51. The molecule has 1 aliphatic rings. The lowest BCUT2D eigenvalue weighted by Gasteiger charge is -2.18. The second kappa shape index (κ2) is 7.53. The van der Waals surface area contributed by atoms with Crippen molar-refractivity contribution in [3.63, 3.8) is 0 Å². The zero-order valence-corrected chi connectivity index (χ0v) is 13.7. The maximum Gasteiger partial charge on any atom is 0.336 e. The molecule has 2 aromatic rings. The Morgan fingerprint density at radius 3 is 2.72 bits per heavy atom. The van der Waals surface area contributed by atoms with E-state index in [2.05, 4.69) is 5.32 Å². The van der Waals surface area contributed by atoms with Crippen LogP contribution >= 0.6 is 0 Å². The third kappa shape index (κ3) is 4.38. The number of hydrogen-bond donors (Lipinski definition) is 1. The highest BCUT2D eigenvalue weighted by Crippen LogP contribution is 2.31. The smallest absolute Gasteiger partial charge is 0.336 e. The number of ether oxygens (including phenoxy) is 3. The van der Waals surface area contributed by atoms with Crippen LogP contribution in [-0.4, -0.2) is 25.1 Å². The highest BCUT2D eigenvalue weighted by Gasteiger charge is 2.16.